The maximum atomic E-state index is 10.7. The van der Waals surface area contributed by atoms with Gasteiger partial charge in [-0.25, -0.2) is 4.79 Å². The van der Waals surface area contributed by atoms with Crippen LogP contribution in [0.2, 0.25) is 5.02 Å². The SMILES string of the molecule is CC(C)NCc1ccc(C(=O)O)cc1Cl. The van der Waals surface area contributed by atoms with Crippen LogP contribution in [0, 0.1) is 0 Å². The highest BCUT2D eigenvalue weighted by atomic mass is 35.5. The summed E-state index contributed by atoms with van der Waals surface area (Å²) in [6, 6.07) is 5.15. The maximum absolute atomic E-state index is 10.7. The average Bonchev–Trinajstić information content (AvgIpc) is 2.15. The van der Waals surface area contributed by atoms with Crippen LogP contribution in [0.15, 0.2) is 18.2 Å². The zero-order valence-electron chi connectivity index (χ0n) is 8.75. The third-order valence-electron chi connectivity index (χ3n) is 2.00. The van der Waals surface area contributed by atoms with Gasteiger partial charge in [-0.05, 0) is 17.7 Å². The maximum Gasteiger partial charge on any atom is 0.335 e. The molecule has 0 bridgehead atoms. The monoisotopic (exact) mass is 227 g/mol. The van der Waals surface area contributed by atoms with Crippen molar-refractivity contribution in [3.05, 3.63) is 34.3 Å². The molecule has 0 heterocycles. The van der Waals surface area contributed by atoms with Gasteiger partial charge < -0.3 is 10.4 Å². The van der Waals surface area contributed by atoms with E-state index in [4.69, 9.17) is 16.7 Å². The highest BCUT2D eigenvalue weighted by Crippen LogP contribution is 2.17. The first-order valence-electron chi connectivity index (χ1n) is 4.76. The van der Waals surface area contributed by atoms with Gasteiger partial charge in [0.05, 0.1) is 5.56 Å². The van der Waals surface area contributed by atoms with Crippen LogP contribution in [-0.4, -0.2) is 17.1 Å². The molecule has 1 aromatic carbocycles. The molecule has 0 aliphatic rings. The zero-order chi connectivity index (χ0) is 11.4. The van der Waals surface area contributed by atoms with Crippen molar-refractivity contribution in [2.45, 2.75) is 26.4 Å². The van der Waals surface area contributed by atoms with Crippen LogP contribution in [0.25, 0.3) is 0 Å². The van der Waals surface area contributed by atoms with Gasteiger partial charge >= 0.3 is 5.97 Å². The van der Waals surface area contributed by atoms with E-state index in [2.05, 4.69) is 5.32 Å². The van der Waals surface area contributed by atoms with Gasteiger partial charge in [-0.3, -0.25) is 0 Å². The normalized spacial score (nSPS) is 10.7. The molecule has 1 aromatic rings. The second-order valence-electron chi connectivity index (χ2n) is 3.65. The summed E-state index contributed by atoms with van der Waals surface area (Å²) in [4.78, 5) is 10.7. The molecule has 2 N–H and O–H groups in total. The van der Waals surface area contributed by atoms with Crippen molar-refractivity contribution in [1.82, 2.24) is 5.32 Å². The Kier molecular flexibility index (Phi) is 4.12. The van der Waals surface area contributed by atoms with E-state index in [0.717, 1.165) is 5.56 Å². The Morgan fingerprint density at radius 3 is 2.67 bits per heavy atom. The summed E-state index contributed by atoms with van der Waals surface area (Å²) < 4.78 is 0. The van der Waals surface area contributed by atoms with E-state index in [1.807, 2.05) is 13.8 Å². The molecule has 0 saturated carbocycles. The number of carbonyl (C=O) groups is 1. The van der Waals surface area contributed by atoms with Gasteiger partial charge in [0.1, 0.15) is 0 Å². The molecule has 0 spiro atoms. The van der Waals surface area contributed by atoms with Crippen LogP contribution < -0.4 is 5.32 Å². The Hall–Kier alpha value is -1.06. The van der Waals surface area contributed by atoms with E-state index < -0.39 is 5.97 Å². The largest absolute Gasteiger partial charge is 0.478 e. The lowest BCUT2D eigenvalue weighted by atomic mass is 10.1. The molecule has 0 unspecified atom stereocenters. The van der Waals surface area contributed by atoms with E-state index in [-0.39, 0.29) is 5.56 Å². The Morgan fingerprint density at radius 2 is 2.20 bits per heavy atom. The van der Waals surface area contributed by atoms with Crippen LogP contribution >= 0.6 is 11.6 Å². The first-order chi connectivity index (χ1) is 7.00. The van der Waals surface area contributed by atoms with Crippen LogP contribution in [0.5, 0.6) is 0 Å². The van der Waals surface area contributed by atoms with Gasteiger partial charge in [-0.1, -0.05) is 31.5 Å². The van der Waals surface area contributed by atoms with E-state index >= 15 is 0 Å². The van der Waals surface area contributed by atoms with E-state index in [0.29, 0.717) is 17.6 Å². The van der Waals surface area contributed by atoms with Crippen molar-refractivity contribution >= 4 is 17.6 Å². The highest BCUT2D eigenvalue weighted by molar-refractivity contribution is 6.31. The number of hydrogen-bond acceptors (Lipinski definition) is 2. The highest BCUT2D eigenvalue weighted by Gasteiger charge is 2.06. The van der Waals surface area contributed by atoms with Crippen LogP contribution in [0.1, 0.15) is 29.8 Å². The van der Waals surface area contributed by atoms with Gasteiger partial charge in [0.25, 0.3) is 0 Å². The summed E-state index contributed by atoms with van der Waals surface area (Å²) in [6.07, 6.45) is 0. The topological polar surface area (TPSA) is 49.3 Å². The summed E-state index contributed by atoms with van der Waals surface area (Å²) in [5.74, 6) is -0.958. The zero-order valence-corrected chi connectivity index (χ0v) is 9.51. The van der Waals surface area contributed by atoms with Gasteiger partial charge in [0.2, 0.25) is 0 Å². The number of halogens is 1. The molecule has 0 aliphatic carbocycles. The van der Waals surface area contributed by atoms with Crippen molar-refractivity contribution in [2.24, 2.45) is 0 Å². The molecule has 3 nitrogen and oxygen atoms in total. The van der Waals surface area contributed by atoms with Crippen molar-refractivity contribution in [3.8, 4) is 0 Å². The number of carboxylic acid groups (broad SMARTS) is 1. The summed E-state index contributed by atoms with van der Waals surface area (Å²) >= 11 is 5.95. The third kappa shape index (κ3) is 3.53. The number of hydrogen-bond donors (Lipinski definition) is 2. The van der Waals surface area contributed by atoms with Crippen molar-refractivity contribution < 1.29 is 9.90 Å². The number of benzene rings is 1. The summed E-state index contributed by atoms with van der Waals surface area (Å²) in [5.41, 5.74) is 1.13. The van der Waals surface area contributed by atoms with Gasteiger partial charge in [0, 0.05) is 17.6 Å². The van der Waals surface area contributed by atoms with Crippen LogP contribution in [0.3, 0.4) is 0 Å². The summed E-state index contributed by atoms with van der Waals surface area (Å²) in [5, 5.41) is 12.5. The molecule has 15 heavy (non-hydrogen) atoms. The van der Waals surface area contributed by atoms with Crippen molar-refractivity contribution in [2.75, 3.05) is 0 Å². The second-order valence-corrected chi connectivity index (χ2v) is 4.05. The van der Waals surface area contributed by atoms with Crippen molar-refractivity contribution in [1.29, 1.82) is 0 Å². The average molecular weight is 228 g/mol. The first-order valence-corrected chi connectivity index (χ1v) is 5.13. The predicted molar refractivity (Wildman–Crippen MR) is 60.4 cm³/mol. The third-order valence-corrected chi connectivity index (χ3v) is 2.35. The standard InChI is InChI=1S/C11H14ClNO2/c1-7(2)13-6-9-4-3-8(11(14)15)5-10(9)12/h3-5,7,13H,6H2,1-2H3,(H,14,15). The molecular weight excluding hydrogens is 214 g/mol. The summed E-state index contributed by atoms with van der Waals surface area (Å²) in [6.45, 7) is 4.73. The fraction of sp³-hybridized carbons (Fsp3) is 0.364. The Morgan fingerprint density at radius 1 is 1.53 bits per heavy atom. The molecule has 0 radical (unpaired) electrons. The van der Waals surface area contributed by atoms with Crippen LogP contribution in [0.4, 0.5) is 0 Å². The van der Waals surface area contributed by atoms with Gasteiger partial charge in [0.15, 0.2) is 0 Å². The molecule has 0 fully saturated rings. The van der Waals surface area contributed by atoms with E-state index in [9.17, 15) is 4.79 Å². The van der Waals surface area contributed by atoms with Crippen LogP contribution in [-0.2, 0) is 6.54 Å². The number of aromatic carboxylic acids is 1. The molecule has 0 aromatic heterocycles. The minimum absolute atomic E-state index is 0.216. The Labute approximate surface area is 94.1 Å². The smallest absolute Gasteiger partial charge is 0.335 e. The van der Waals surface area contributed by atoms with Crippen molar-refractivity contribution in [3.63, 3.8) is 0 Å². The number of carboxylic acids is 1. The van der Waals surface area contributed by atoms with Gasteiger partial charge in [-0.15, -0.1) is 0 Å². The molecular formula is C11H14ClNO2. The molecule has 82 valence electrons. The lowest BCUT2D eigenvalue weighted by Gasteiger charge is -2.09. The molecule has 1 rings (SSSR count). The Balaban J connectivity index is 2.79. The van der Waals surface area contributed by atoms with Gasteiger partial charge in [-0.2, -0.15) is 0 Å². The Bertz CT molecular complexity index is 364. The van der Waals surface area contributed by atoms with E-state index in [1.54, 1.807) is 12.1 Å². The lowest BCUT2D eigenvalue weighted by Crippen LogP contribution is -2.22. The fourth-order valence-corrected chi connectivity index (χ4v) is 1.39. The summed E-state index contributed by atoms with van der Waals surface area (Å²) in [7, 11) is 0. The van der Waals surface area contributed by atoms with E-state index in [1.165, 1.54) is 6.07 Å². The first kappa shape index (κ1) is 12.0. The molecule has 0 amide bonds. The number of nitrogens with one attached hydrogen (secondary N) is 1. The number of rotatable bonds is 4. The minimum atomic E-state index is -0.958. The predicted octanol–water partition coefficient (Wildman–Crippen LogP) is 2.54. The second kappa shape index (κ2) is 5.14. The molecule has 4 heteroatoms. The lowest BCUT2D eigenvalue weighted by molar-refractivity contribution is 0.0697. The molecule has 0 atom stereocenters. The molecule has 0 saturated heterocycles. The molecule has 0 aliphatic heterocycles. The minimum Gasteiger partial charge on any atom is -0.478 e. The fourth-order valence-electron chi connectivity index (χ4n) is 1.14. The quantitative estimate of drug-likeness (QED) is 0.831.